The summed E-state index contributed by atoms with van der Waals surface area (Å²) in [6.07, 6.45) is -2.25. The fourth-order valence-corrected chi connectivity index (χ4v) is 3.89. The third-order valence-corrected chi connectivity index (χ3v) is 5.76. The molecule has 0 aliphatic carbocycles. The van der Waals surface area contributed by atoms with E-state index in [1.165, 1.54) is 7.11 Å². The number of hydrogen-bond donors (Lipinski definition) is 1. The van der Waals surface area contributed by atoms with E-state index < -0.39 is 30.1 Å². The zero-order valence-electron chi connectivity index (χ0n) is 20.7. The number of anilines is 1. The number of hydrazone groups is 1. The summed E-state index contributed by atoms with van der Waals surface area (Å²) in [6, 6.07) is 15.2. The van der Waals surface area contributed by atoms with Gasteiger partial charge in [0.1, 0.15) is 11.4 Å². The highest BCUT2D eigenvalue weighted by Crippen LogP contribution is 2.33. The molecular weight excluding hydrogens is 529 g/mol. The first-order valence-electron chi connectivity index (χ1n) is 11.7. The Morgan fingerprint density at radius 3 is 2.62 bits per heavy atom. The van der Waals surface area contributed by atoms with Crippen LogP contribution < -0.4 is 10.1 Å². The minimum Gasteiger partial charge on any atom is -0.497 e. The summed E-state index contributed by atoms with van der Waals surface area (Å²) in [4.78, 5) is 28.8. The lowest BCUT2D eigenvalue weighted by Gasteiger charge is -2.22. The van der Waals surface area contributed by atoms with Gasteiger partial charge in [0, 0.05) is 17.4 Å². The Kier molecular flexibility index (Phi) is 7.07. The maximum atomic E-state index is 13.2. The first-order chi connectivity index (χ1) is 19.2. The summed E-state index contributed by atoms with van der Waals surface area (Å²) in [6.45, 7) is 0. The van der Waals surface area contributed by atoms with Gasteiger partial charge in [0.2, 0.25) is 5.90 Å². The number of carbonyl (C=O) groups is 2. The highest BCUT2D eigenvalue weighted by Gasteiger charge is 2.44. The first kappa shape index (κ1) is 26.2. The van der Waals surface area contributed by atoms with Gasteiger partial charge in [-0.3, -0.25) is 0 Å². The number of aromatic nitrogens is 3. The summed E-state index contributed by atoms with van der Waals surface area (Å²) < 4.78 is 49.4. The predicted octanol–water partition coefficient (Wildman–Crippen LogP) is 4.54. The molecule has 0 saturated carbocycles. The number of esters is 1. The molecule has 0 spiro atoms. The molecule has 1 aliphatic heterocycles. The molecule has 10 nitrogen and oxygen atoms in total. The second-order valence-corrected chi connectivity index (χ2v) is 8.42. The van der Waals surface area contributed by atoms with Gasteiger partial charge in [-0.05, 0) is 53.9 Å². The first-order valence-corrected chi connectivity index (χ1v) is 11.7. The Morgan fingerprint density at radius 2 is 1.88 bits per heavy atom. The number of rotatable bonds is 3. The summed E-state index contributed by atoms with van der Waals surface area (Å²) in [5, 5.41) is 11.7. The molecule has 1 aliphatic rings. The van der Waals surface area contributed by atoms with Crippen LogP contribution in [0.15, 0.2) is 78.2 Å². The number of imidazole rings is 1. The number of alkyl halides is 3. The van der Waals surface area contributed by atoms with Gasteiger partial charge in [-0.25, -0.2) is 24.1 Å². The van der Waals surface area contributed by atoms with Gasteiger partial charge in [0.25, 0.3) is 0 Å². The smallest absolute Gasteiger partial charge is 0.491 e. The molecule has 40 heavy (non-hydrogen) atoms. The molecule has 202 valence electrons. The number of urea groups is 1. The van der Waals surface area contributed by atoms with Crippen LogP contribution in [0.3, 0.4) is 0 Å². The maximum Gasteiger partial charge on any atom is 0.491 e. The Labute approximate surface area is 225 Å². The SMILES string of the molecule is COc1ccc(C2CC(OC(=O)C(F)(F)F)=NN2C(=O)Nc2cccc(C#Cc3cnc4cccnn34)c2)cc1. The van der Waals surface area contributed by atoms with Crippen LogP contribution in [0.25, 0.3) is 5.65 Å². The fraction of sp³-hybridized carbons (Fsp3) is 0.148. The van der Waals surface area contributed by atoms with Crippen molar-refractivity contribution in [2.75, 3.05) is 12.4 Å². The standard InChI is InChI=1S/C27H19F3N6O4/c1-39-21-11-8-18(9-12-21)22-15-24(40-25(37)27(28,29)30)34-36(22)26(38)33-19-5-2-4-17(14-19)7-10-20-16-31-23-6-3-13-32-35(20)23/h2-6,8-9,11-14,16,22H,15H2,1H3,(H,33,38). The van der Waals surface area contributed by atoms with E-state index in [4.69, 9.17) is 4.74 Å². The molecule has 1 N–H and O–H groups in total. The lowest BCUT2D eigenvalue weighted by atomic mass is 10.0. The normalized spacial score (nSPS) is 14.8. The summed E-state index contributed by atoms with van der Waals surface area (Å²) in [5.41, 5.74) is 2.68. The van der Waals surface area contributed by atoms with Gasteiger partial charge in [0.15, 0.2) is 5.65 Å². The highest BCUT2D eigenvalue weighted by molar-refractivity contribution is 5.96. The molecule has 0 radical (unpaired) electrons. The van der Waals surface area contributed by atoms with E-state index >= 15 is 0 Å². The summed E-state index contributed by atoms with van der Waals surface area (Å²) in [7, 11) is 1.48. The number of carbonyl (C=O) groups excluding carboxylic acids is 2. The minimum absolute atomic E-state index is 0.250. The maximum absolute atomic E-state index is 13.2. The number of benzene rings is 2. The molecular formula is C27H19F3N6O4. The van der Waals surface area contributed by atoms with Gasteiger partial charge in [-0.2, -0.15) is 18.3 Å². The number of hydrogen-bond acceptors (Lipinski definition) is 7. The quantitative estimate of drug-likeness (QED) is 0.298. The van der Waals surface area contributed by atoms with Crippen LogP contribution in [-0.2, 0) is 9.53 Å². The van der Waals surface area contributed by atoms with Gasteiger partial charge in [-0.1, -0.05) is 24.1 Å². The van der Waals surface area contributed by atoms with Crippen molar-refractivity contribution in [1.82, 2.24) is 19.6 Å². The molecule has 0 fully saturated rings. The van der Waals surface area contributed by atoms with Crippen molar-refractivity contribution in [3.05, 3.63) is 89.9 Å². The Balaban J connectivity index is 1.37. The largest absolute Gasteiger partial charge is 0.497 e. The third kappa shape index (κ3) is 5.70. The van der Waals surface area contributed by atoms with Crippen LogP contribution in [0.4, 0.5) is 23.7 Å². The predicted molar refractivity (Wildman–Crippen MR) is 136 cm³/mol. The van der Waals surface area contributed by atoms with Crippen molar-refractivity contribution in [2.45, 2.75) is 18.6 Å². The van der Waals surface area contributed by atoms with E-state index in [0.717, 1.165) is 5.01 Å². The molecule has 13 heteroatoms. The number of nitrogens with zero attached hydrogens (tertiary/aromatic N) is 5. The van der Waals surface area contributed by atoms with Crippen molar-refractivity contribution >= 4 is 29.2 Å². The zero-order valence-corrected chi connectivity index (χ0v) is 20.7. The number of methoxy groups -OCH3 is 1. The lowest BCUT2D eigenvalue weighted by Crippen LogP contribution is -2.31. The van der Waals surface area contributed by atoms with Gasteiger partial charge < -0.3 is 14.8 Å². The highest BCUT2D eigenvalue weighted by atomic mass is 19.4. The summed E-state index contributed by atoms with van der Waals surface area (Å²) >= 11 is 0. The second-order valence-electron chi connectivity index (χ2n) is 8.42. The molecule has 2 amide bonds. The van der Waals surface area contributed by atoms with E-state index in [9.17, 15) is 22.8 Å². The molecule has 3 heterocycles. The van der Waals surface area contributed by atoms with Crippen molar-refractivity contribution in [2.24, 2.45) is 5.10 Å². The Bertz CT molecular complexity index is 1670. The van der Waals surface area contributed by atoms with E-state index in [2.05, 4.69) is 37.1 Å². The average Bonchev–Trinajstić information content (AvgIpc) is 3.56. The molecule has 2 aromatic heterocycles. The average molecular weight is 548 g/mol. The van der Waals surface area contributed by atoms with Crippen LogP contribution in [0.5, 0.6) is 5.75 Å². The van der Waals surface area contributed by atoms with Crippen LogP contribution >= 0.6 is 0 Å². The van der Waals surface area contributed by atoms with E-state index in [1.54, 1.807) is 77.6 Å². The fourth-order valence-electron chi connectivity index (χ4n) is 3.89. The molecule has 4 aromatic rings. The second kappa shape index (κ2) is 10.8. The van der Waals surface area contributed by atoms with Crippen molar-refractivity contribution in [3.63, 3.8) is 0 Å². The van der Waals surface area contributed by atoms with Crippen molar-refractivity contribution in [1.29, 1.82) is 0 Å². The molecule has 1 atom stereocenters. The van der Waals surface area contributed by atoms with Gasteiger partial charge in [-0.15, -0.1) is 5.10 Å². The van der Waals surface area contributed by atoms with Crippen LogP contribution in [-0.4, -0.2) is 50.8 Å². The molecule has 0 bridgehead atoms. The zero-order chi connectivity index (χ0) is 28.3. The van der Waals surface area contributed by atoms with E-state index in [0.29, 0.717) is 33.9 Å². The molecule has 2 aromatic carbocycles. The van der Waals surface area contributed by atoms with Gasteiger partial charge >= 0.3 is 18.2 Å². The van der Waals surface area contributed by atoms with Crippen molar-refractivity contribution in [3.8, 4) is 17.6 Å². The number of fused-ring (bicyclic) bond motifs is 1. The number of nitrogens with one attached hydrogen (secondary N) is 1. The monoisotopic (exact) mass is 548 g/mol. The molecule has 5 rings (SSSR count). The number of halogens is 3. The number of ether oxygens (including phenoxy) is 2. The van der Waals surface area contributed by atoms with E-state index in [-0.39, 0.29) is 6.42 Å². The van der Waals surface area contributed by atoms with Crippen LogP contribution in [0.1, 0.15) is 29.3 Å². The van der Waals surface area contributed by atoms with Crippen LogP contribution in [0.2, 0.25) is 0 Å². The molecule has 1 unspecified atom stereocenters. The number of amides is 2. The Hall–Kier alpha value is -5.38. The van der Waals surface area contributed by atoms with E-state index in [1.807, 2.05) is 0 Å². The topological polar surface area (TPSA) is 110 Å². The lowest BCUT2D eigenvalue weighted by molar-refractivity contribution is -0.191. The summed E-state index contributed by atoms with van der Waals surface area (Å²) in [5.74, 6) is 3.56. The Morgan fingerprint density at radius 1 is 1.07 bits per heavy atom. The van der Waals surface area contributed by atoms with Gasteiger partial charge in [0.05, 0.1) is 25.8 Å². The van der Waals surface area contributed by atoms with Crippen molar-refractivity contribution < 1.29 is 32.2 Å². The minimum atomic E-state index is -5.21. The molecule has 0 saturated heterocycles. The third-order valence-electron chi connectivity index (χ3n) is 5.76. The van der Waals surface area contributed by atoms with Crippen LogP contribution in [0, 0.1) is 11.8 Å².